The lowest BCUT2D eigenvalue weighted by Gasteiger charge is -2.33. The summed E-state index contributed by atoms with van der Waals surface area (Å²) in [5.74, 6) is 1.69. The van der Waals surface area contributed by atoms with E-state index in [-0.39, 0.29) is 11.5 Å². The van der Waals surface area contributed by atoms with Gasteiger partial charge < -0.3 is 15.3 Å². The molecule has 7 nitrogen and oxygen atoms in total. The molecule has 0 aliphatic heterocycles. The standard InChI is InChI=1S/C22H23BrN6O/c1-28-12-25-27-21(28)19(13-4-2-5-13)14-6-3-7-16(8-14)29-11-18(23)17-9-15(10-24)26-20(17)22(29)30/h3,6-9,11-13,19,26H,2,4-5,10,24H2,1H3. The van der Waals surface area contributed by atoms with E-state index in [4.69, 9.17) is 5.73 Å². The Kier molecular flexibility index (Phi) is 4.83. The lowest BCUT2D eigenvalue weighted by atomic mass is 9.72. The molecule has 154 valence electrons. The average molecular weight is 467 g/mol. The number of nitrogens with one attached hydrogen (secondary N) is 1. The number of hydrogen-bond donors (Lipinski definition) is 2. The zero-order valence-corrected chi connectivity index (χ0v) is 18.3. The average Bonchev–Trinajstić information content (AvgIpc) is 3.34. The van der Waals surface area contributed by atoms with E-state index in [2.05, 4.69) is 43.2 Å². The number of aromatic amines is 1. The zero-order valence-electron chi connectivity index (χ0n) is 16.7. The van der Waals surface area contributed by atoms with E-state index in [0.29, 0.717) is 18.0 Å². The molecule has 1 atom stereocenters. The van der Waals surface area contributed by atoms with Gasteiger partial charge in [-0.3, -0.25) is 9.36 Å². The van der Waals surface area contributed by atoms with Gasteiger partial charge in [0.25, 0.3) is 5.56 Å². The number of aromatic nitrogens is 5. The Morgan fingerprint density at radius 1 is 1.33 bits per heavy atom. The van der Waals surface area contributed by atoms with Crippen LogP contribution in [-0.4, -0.2) is 24.3 Å². The maximum atomic E-state index is 13.2. The Morgan fingerprint density at radius 2 is 2.17 bits per heavy atom. The highest BCUT2D eigenvalue weighted by atomic mass is 79.9. The Balaban J connectivity index is 1.64. The van der Waals surface area contributed by atoms with Crippen LogP contribution in [-0.2, 0) is 13.6 Å². The summed E-state index contributed by atoms with van der Waals surface area (Å²) in [5.41, 5.74) is 9.04. The molecule has 30 heavy (non-hydrogen) atoms. The minimum absolute atomic E-state index is 0.0936. The summed E-state index contributed by atoms with van der Waals surface area (Å²) >= 11 is 3.61. The minimum atomic E-state index is -0.0936. The fourth-order valence-electron chi connectivity index (χ4n) is 4.38. The van der Waals surface area contributed by atoms with E-state index < -0.39 is 0 Å². The Labute approximate surface area is 182 Å². The van der Waals surface area contributed by atoms with Gasteiger partial charge in [0.1, 0.15) is 17.7 Å². The molecule has 3 N–H and O–H groups in total. The van der Waals surface area contributed by atoms with Crippen molar-refractivity contribution < 1.29 is 0 Å². The molecule has 0 saturated heterocycles. The number of halogens is 1. The van der Waals surface area contributed by atoms with Crippen molar-refractivity contribution in [3.8, 4) is 5.69 Å². The molecule has 5 rings (SSSR count). The van der Waals surface area contributed by atoms with Gasteiger partial charge in [0, 0.05) is 46.9 Å². The van der Waals surface area contributed by atoms with Crippen molar-refractivity contribution in [2.75, 3.05) is 0 Å². The number of pyridine rings is 1. The third-order valence-corrected chi connectivity index (χ3v) is 6.81. The van der Waals surface area contributed by atoms with Crippen LogP contribution in [0.25, 0.3) is 16.6 Å². The number of rotatable bonds is 5. The Morgan fingerprint density at radius 3 is 2.83 bits per heavy atom. The first-order valence-corrected chi connectivity index (χ1v) is 10.9. The summed E-state index contributed by atoms with van der Waals surface area (Å²) in [6.07, 6.45) is 7.20. The van der Waals surface area contributed by atoms with E-state index in [0.717, 1.165) is 32.6 Å². The normalized spacial score (nSPS) is 15.4. The highest BCUT2D eigenvalue weighted by molar-refractivity contribution is 9.10. The summed E-state index contributed by atoms with van der Waals surface area (Å²) in [6.45, 7) is 0.358. The van der Waals surface area contributed by atoms with E-state index in [1.807, 2.05) is 36.0 Å². The quantitative estimate of drug-likeness (QED) is 0.469. The summed E-state index contributed by atoms with van der Waals surface area (Å²) in [6, 6.07) is 10.1. The van der Waals surface area contributed by atoms with Crippen LogP contribution in [0.5, 0.6) is 0 Å². The molecule has 1 aromatic carbocycles. The molecule has 1 aliphatic carbocycles. The van der Waals surface area contributed by atoms with E-state index in [9.17, 15) is 4.79 Å². The van der Waals surface area contributed by atoms with Crippen LogP contribution in [0.1, 0.15) is 42.3 Å². The largest absolute Gasteiger partial charge is 0.353 e. The molecule has 1 saturated carbocycles. The maximum absolute atomic E-state index is 13.2. The molecular formula is C22H23BrN6O. The number of hydrogen-bond acceptors (Lipinski definition) is 4. The number of nitrogens with two attached hydrogens (primary N) is 1. The molecule has 0 amide bonds. The van der Waals surface area contributed by atoms with E-state index in [1.54, 1.807) is 10.9 Å². The summed E-state index contributed by atoms with van der Waals surface area (Å²) < 4.78 is 4.53. The highest BCUT2D eigenvalue weighted by Gasteiger charge is 2.33. The van der Waals surface area contributed by atoms with Gasteiger partial charge >= 0.3 is 0 Å². The number of aryl methyl sites for hydroxylation is 1. The lowest BCUT2D eigenvalue weighted by molar-refractivity contribution is 0.274. The van der Waals surface area contributed by atoms with Crippen LogP contribution in [0.4, 0.5) is 0 Å². The molecule has 1 aliphatic rings. The topological polar surface area (TPSA) is 94.5 Å². The van der Waals surface area contributed by atoms with Crippen molar-refractivity contribution >= 4 is 26.8 Å². The first kappa shape index (κ1) is 19.3. The van der Waals surface area contributed by atoms with Gasteiger partial charge in [-0.05, 0) is 58.5 Å². The second-order valence-corrected chi connectivity index (χ2v) is 8.86. The number of nitrogens with zero attached hydrogens (tertiary/aromatic N) is 4. The predicted molar refractivity (Wildman–Crippen MR) is 120 cm³/mol. The summed E-state index contributed by atoms with van der Waals surface area (Å²) in [5, 5.41) is 9.35. The van der Waals surface area contributed by atoms with Crippen LogP contribution in [0.2, 0.25) is 0 Å². The van der Waals surface area contributed by atoms with E-state index >= 15 is 0 Å². The van der Waals surface area contributed by atoms with Crippen LogP contribution in [0.3, 0.4) is 0 Å². The molecule has 1 unspecified atom stereocenters. The van der Waals surface area contributed by atoms with Crippen molar-refractivity contribution in [3.05, 3.63) is 74.8 Å². The molecule has 8 heteroatoms. The second-order valence-electron chi connectivity index (χ2n) is 8.00. The Bertz CT molecular complexity index is 1280. The smallest absolute Gasteiger partial charge is 0.279 e. The zero-order chi connectivity index (χ0) is 20.8. The van der Waals surface area contributed by atoms with Gasteiger partial charge in [-0.15, -0.1) is 10.2 Å². The van der Waals surface area contributed by atoms with Gasteiger partial charge in [-0.1, -0.05) is 18.6 Å². The first-order valence-electron chi connectivity index (χ1n) is 10.1. The molecule has 3 heterocycles. The maximum Gasteiger partial charge on any atom is 0.279 e. The number of H-pyrrole nitrogens is 1. The van der Waals surface area contributed by atoms with Gasteiger partial charge in [0.15, 0.2) is 0 Å². The van der Waals surface area contributed by atoms with Gasteiger partial charge in [-0.25, -0.2) is 0 Å². The first-order chi connectivity index (χ1) is 14.6. The molecule has 3 aromatic heterocycles. The molecule has 0 bridgehead atoms. The van der Waals surface area contributed by atoms with Crippen LogP contribution >= 0.6 is 15.9 Å². The van der Waals surface area contributed by atoms with Crippen molar-refractivity contribution in [2.24, 2.45) is 18.7 Å². The Hall–Kier alpha value is -2.71. The third-order valence-electron chi connectivity index (χ3n) is 6.18. The monoisotopic (exact) mass is 466 g/mol. The SMILES string of the molecule is Cn1cnnc1C(c1cccc(-n2cc(Br)c3cc(CN)[nH]c3c2=O)c1)C1CCC1. The fourth-order valence-corrected chi connectivity index (χ4v) is 4.90. The molecule has 0 radical (unpaired) electrons. The summed E-state index contributed by atoms with van der Waals surface area (Å²) in [7, 11) is 1.99. The molecule has 0 spiro atoms. The van der Waals surface area contributed by atoms with Crippen molar-refractivity contribution in [3.63, 3.8) is 0 Å². The second kappa shape index (κ2) is 7.52. The third kappa shape index (κ3) is 3.11. The highest BCUT2D eigenvalue weighted by Crippen LogP contribution is 2.42. The van der Waals surface area contributed by atoms with Gasteiger partial charge in [0.05, 0.1) is 0 Å². The van der Waals surface area contributed by atoms with Gasteiger partial charge in [-0.2, -0.15) is 0 Å². The number of fused-ring (bicyclic) bond motifs is 1. The summed E-state index contributed by atoms with van der Waals surface area (Å²) in [4.78, 5) is 16.4. The molecular weight excluding hydrogens is 444 g/mol. The van der Waals surface area contributed by atoms with Crippen molar-refractivity contribution in [1.29, 1.82) is 0 Å². The van der Waals surface area contributed by atoms with Crippen molar-refractivity contribution in [2.45, 2.75) is 31.7 Å². The lowest BCUT2D eigenvalue weighted by Crippen LogP contribution is -2.24. The van der Waals surface area contributed by atoms with Gasteiger partial charge in [0.2, 0.25) is 0 Å². The van der Waals surface area contributed by atoms with E-state index in [1.165, 1.54) is 19.3 Å². The fraction of sp³-hybridized carbons (Fsp3) is 0.318. The predicted octanol–water partition coefficient (Wildman–Crippen LogP) is 3.60. The number of benzene rings is 1. The van der Waals surface area contributed by atoms with Crippen LogP contribution < -0.4 is 11.3 Å². The minimum Gasteiger partial charge on any atom is -0.353 e. The van der Waals surface area contributed by atoms with Crippen LogP contribution in [0.15, 0.2) is 52.1 Å². The molecule has 4 aromatic rings. The van der Waals surface area contributed by atoms with Crippen molar-refractivity contribution in [1.82, 2.24) is 24.3 Å². The van der Waals surface area contributed by atoms with Crippen LogP contribution in [0, 0.1) is 5.92 Å². The molecule has 1 fully saturated rings.